The van der Waals surface area contributed by atoms with Crippen LogP contribution in [-0.2, 0) is 16.6 Å². The summed E-state index contributed by atoms with van der Waals surface area (Å²) in [4.78, 5) is 22.2. The summed E-state index contributed by atoms with van der Waals surface area (Å²) in [5, 5.41) is 11.8. The molecule has 2 N–H and O–H groups in total. The first-order chi connectivity index (χ1) is 8.06. The Hall–Kier alpha value is -1.78. The zero-order chi connectivity index (χ0) is 12.4. The molecule has 1 aromatic heterocycles. The van der Waals surface area contributed by atoms with Crippen molar-refractivity contribution in [3.05, 3.63) is 24.0 Å². The van der Waals surface area contributed by atoms with Gasteiger partial charge >= 0.3 is 5.97 Å². The third-order valence-electron chi connectivity index (χ3n) is 3.18. The minimum Gasteiger partial charge on any atom is -0.481 e. The maximum absolute atomic E-state index is 11.4. The lowest BCUT2D eigenvalue weighted by Crippen LogP contribution is -2.39. The molecular weight excluding hydrogens is 220 g/mol. The molecule has 1 amide bonds. The van der Waals surface area contributed by atoms with E-state index in [1.807, 2.05) is 30.1 Å². The molecule has 5 nitrogen and oxygen atoms in total. The van der Waals surface area contributed by atoms with Gasteiger partial charge in [-0.1, -0.05) is 0 Å². The van der Waals surface area contributed by atoms with E-state index in [1.54, 1.807) is 0 Å². The van der Waals surface area contributed by atoms with E-state index in [-0.39, 0.29) is 24.3 Å². The summed E-state index contributed by atoms with van der Waals surface area (Å²) in [7, 11) is 1.90. The Labute approximate surface area is 99.4 Å². The summed E-state index contributed by atoms with van der Waals surface area (Å²) in [5.74, 6) is -0.833. The van der Waals surface area contributed by atoms with Crippen molar-refractivity contribution in [2.24, 2.45) is 13.0 Å². The zero-order valence-electron chi connectivity index (χ0n) is 9.72. The van der Waals surface area contributed by atoms with E-state index < -0.39 is 5.97 Å². The Balaban J connectivity index is 2.19. The molecule has 0 spiro atoms. The molecule has 0 unspecified atom stereocenters. The molecule has 2 atom stereocenters. The Morgan fingerprint density at radius 1 is 1.65 bits per heavy atom. The van der Waals surface area contributed by atoms with E-state index >= 15 is 0 Å². The molecule has 1 aliphatic rings. The average molecular weight is 236 g/mol. The van der Waals surface area contributed by atoms with Gasteiger partial charge in [0.2, 0.25) is 5.91 Å². The summed E-state index contributed by atoms with van der Waals surface area (Å²) in [6, 6.07) is 1.75. The van der Waals surface area contributed by atoms with Crippen LogP contribution < -0.4 is 5.32 Å². The fraction of sp³-hybridized carbons (Fsp3) is 0.500. The first kappa shape index (κ1) is 11.7. The number of carbonyl (C=O) groups is 2. The first-order valence-corrected chi connectivity index (χ1v) is 5.69. The Bertz CT molecular complexity index is 439. The minimum atomic E-state index is -0.813. The van der Waals surface area contributed by atoms with Crippen molar-refractivity contribution < 1.29 is 14.7 Å². The SMILES string of the molecule is Cn1ccc([C@H]2NC(=O)CC[C@@H]2CC(=O)O)c1. The summed E-state index contributed by atoms with van der Waals surface area (Å²) < 4.78 is 1.90. The number of rotatable bonds is 3. The highest BCUT2D eigenvalue weighted by Gasteiger charge is 2.31. The number of aryl methyl sites for hydroxylation is 1. The number of hydrogen-bond donors (Lipinski definition) is 2. The van der Waals surface area contributed by atoms with Crippen molar-refractivity contribution in [2.75, 3.05) is 0 Å². The number of aliphatic carboxylic acids is 1. The molecule has 0 aromatic carbocycles. The van der Waals surface area contributed by atoms with Crippen molar-refractivity contribution in [1.29, 1.82) is 0 Å². The van der Waals surface area contributed by atoms with Gasteiger partial charge in [0.05, 0.1) is 12.5 Å². The summed E-state index contributed by atoms with van der Waals surface area (Å²) in [6.07, 6.45) is 4.97. The largest absolute Gasteiger partial charge is 0.481 e. The van der Waals surface area contributed by atoms with Gasteiger partial charge in [0, 0.05) is 25.9 Å². The zero-order valence-corrected chi connectivity index (χ0v) is 9.72. The van der Waals surface area contributed by atoms with Crippen LogP contribution in [0.25, 0.3) is 0 Å². The molecule has 0 aliphatic carbocycles. The number of carboxylic acids is 1. The fourth-order valence-corrected chi connectivity index (χ4v) is 2.36. The maximum atomic E-state index is 11.4. The number of aromatic nitrogens is 1. The van der Waals surface area contributed by atoms with Gasteiger partial charge in [-0.05, 0) is 24.0 Å². The summed E-state index contributed by atoms with van der Waals surface area (Å²) in [5.41, 5.74) is 0.979. The van der Waals surface area contributed by atoms with Crippen LogP contribution in [-0.4, -0.2) is 21.6 Å². The molecule has 1 aromatic rings. The second kappa shape index (κ2) is 4.61. The van der Waals surface area contributed by atoms with Gasteiger partial charge in [-0.25, -0.2) is 0 Å². The predicted octanol–water partition coefficient (Wildman–Crippen LogP) is 1.07. The first-order valence-electron chi connectivity index (χ1n) is 5.69. The molecule has 0 saturated carbocycles. The molecule has 1 fully saturated rings. The van der Waals surface area contributed by atoms with Gasteiger partial charge in [-0.15, -0.1) is 0 Å². The molecule has 2 heterocycles. The van der Waals surface area contributed by atoms with E-state index in [0.717, 1.165) is 5.56 Å². The summed E-state index contributed by atoms with van der Waals surface area (Å²) in [6.45, 7) is 0. The molecule has 17 heavy (non-hydrogen) atoms. The highest BCUT2D eigenvalue weighted by atomic mass is 16.4. The van der Waals surface area contributed by atoms with Crippen LogP contribution in [0.3, 0.4) is 0 Å². The standard InChI is InChI=1S/C12H16N2O3/c1-14-5-4-9(7-14)12-8(6-11(16)17)2-3-10(15)13-12/h4-5,7-8,12H,2-3,6H2,1H3,(H,13,15)(H,16,17)/t8-,12+/m1/s1. The second-order valence-electron chi connectivity index (χ2n) is 4.55. The van der Waals surface area contributed by atoms with Crippen molar-refractivity contribution in [2.45, 2.75) is 25.3 Å². The monoisotopic (exact) mass is 236 g/mol. The van der Waals surface area contributed by atoms with Gasteiger partial charge in [-0.3, -0.25) is 9.59 Å². The maximum Gasteiger partial charge on any atom is 0.303 e. The van der Waals surface area contributed by atoms with Crippen molar-refractivity contribution in [3.8, 4) is 0 Å². The van der Waals surface area contributed by atoms with Gasteiger partial charge < -0.3 is 15.0 Å². The van der Waals surface area contributed by atoms with Crippen molar-refractivity contribution in [1.82, 2.24) is 9.88 Å². The van der Waals surface area contributed by atoms with Crippen LogP contribution in [0.2, 0.25) is 0 Å². The van der Waals surface area contributed by atoms with Crippen LogP contribution in [0.4, 0.5) is 0 Å². The van der Waals surface area contributed by atoms with Crippen molar-refractivity contribution >= 4 is 11.9 Å². The Kier molecular flexibility index (Phi) is 3.17. The number of carboxylic acid groups (broad SMARTS) is 1. The number of hydrogen-bond acceptors (Lipinski definition) is 2. The molecule has 0 radical (unpaired) electrons. The van der Waals surface area contributed by atoms with Crippen LogP contribution >= 0.6 is 0 Å². The van der Waals surface area contributed by atoms with Crippen LogP contribution in [0.1, 0.15) is 30.9 Å². The normalized spacial score (nSPS) is 24.4. The summed E-state index contributed by atoms with van der Waals surface area (Å²) >= 11 is 0. The topological polar surface area (TPSA) is 71.3 Å². The predicted molar refractivity (Wildman–Crippen MR) is 61.3 cm³/mol. The van der Waals surface area contributed by atoms with E-state index in [9.17, 15) is 9.59 Å². The third-order valence-corrected chi connectivity index (χ3v) is 3.18. The Morgan fingerprint density at radius 3 is 3.00 bits per heavy atom. The number of piperidine rings is 1. The van der Waals surface area contributed by atoms with Gasteiger partial charge in [0.1, 0.15) is 0 Å². The lowest BCUT2D eigenvalue weighted by atomic mass is 9.85. The van der Waals surface area contributed by atoms with Crippen LogP contribution in [0.5, 0.6) is 0 Å². The average Bonchev–Trinajstić information content (AvgIpc) is 2.67. The molecule has 5 heteroatoms. The van der Waals surface area contributed by atoms with Crippen molar-refractivity contribution in [3.63, 3.8) is 0 Å². The lowest BCUT2D eigenvalue weighted by molar-refractivity contribution is -0.139. The van der Waals surface area contributed by atoms with Gasteiger partial charge in [0.15, 0.2) is 0 Å². The number of nitrogens with zero attached hydrogens (tertiary/aromatic N) is 1. The van der Waals surface area contributed by atoms with Gasteiger partial charge in [0.25, 0.3) is 0 Å². The van der Waals surface area contributed by atoms with Crippen LogP contribution in [0.15, 0.2) is 18.5 Å². The minimum absolute atomic E-state index is 0.000455. The molecular formula is C12H16N2O3. The van der Waals surface area contributed by atoms with E-state index in [1.165, 1.54) is 0 Å². The quantitative estimate of drug-likeness (QED) is 0.824. The smallest absolute Gasteiger partial charge is 0.303 e. The molecule has 0 bridgehead atoms. The number of nitrogens with one attached hydrogen (secondary N) is 1. The fourth-order valence-electron chi connectivity index (χ4n) is 2.36. The Morgan fingerprint density at radius 2 is 2.41 bits per heavy atom. The molecule has 1 saturated heterocycles. The highest BCUT2D eigenvalue weighted by Crippen LogP contribution is 2.32. The highest BCUT2D eigenvalue weighted by molar-refractivity contribution is 5.78. The van der Waals surface area contributed by atoms with E-state index in [4.69, 9.17) is 5.11 Å². The second-order valence-corrected chi connectivity index (χ2v) is 4.55. The van der Waals surface area contributed by atoms with E-state index in [0.29, 0.717) is 12.8 Å². The molecule has 1 aliphatic heterocycles. The van der Waals surface area contributed by atoms with Gasteiger partial charge in [-0.2, -0.15) is 0 Å². The lowest BCUT2D eigenvalue weighted by Gasteiger charge is -2.31. The van der Waals surface area contributed by atoms with Crippen LogP contribution in [0, 0.1) is 5.92 Å². The molecule has 2 rings (SSSR count). The molecule has 92 valence electrons. The number of amides is 1. The van der Waals surface area contributed by atoms with E-state index in [2.05, 4.69) is 5.32 Å². The third kappa shape index (κ3) is 2.67. The number of carbonyl (C=O) groups excluding carboxylic acids is 1.